The minimum Gasteiger partial charge on any atom is -0.374 e. The zero-order valence-electron chi connectivity index (χ0n) is 9.16. The number of carbonyl (C=O) groups is 1. The normalized spacial score (nSPS) is 16.6. The Morgan fingerprint density at radius 3 is 2.56 bits per heavy atom. The maximum Gasteiger partial charge on any atom is 0.242 e. The van der Waals surface area contributed by atoms with Crippen LogP contribution in [0.2, 0.25) is 0 Å². The lowest BCUT2D eigenvalue weighted by atomic mass is 10.2. The lowest BCUT2D eigenvalue weighted by molar-refractivity contribution is -0.121. The molecule has 2 N–H and O–H groups in total. The molecule has 1 aliphatic rings. The molecule has 1 aromatic carbocycles. The van der Waals surface area contributed by atoms with Gasteiger partial charge in [0.1, 0.15) is 6.04 Å². The van der Waals surface area contributed by atoms with E-state index in [0.717, 1.165) is 23.0 Å². The van der Waals surface area contributed by atoms with Crippen LogP contribution in [0.15, 0.2) is 28.7 Å². The number of halogens is 1. The molecule has 1 saturated carbocycles. The van der Waals surface area contributed by atoms with Gasteiger partial charge in [-0.25, -0.2) is 0 Å². The van der Waals surface area contributed by atoms with Crippen LogP contribution in [0, 0.1) is 0 Å². The van der Waals surface area contributed by atoms with Gasteiger partial charge >= 0.3 is 0 Å². The van der Waals surface area contributed by atoms with E-state index in [4.69, 9.17) is 0 Å². The van der Waals surface area contributed by atoms with E-state index in [-0.39, 0.29) is 11.9 Å². The average molecular weight is 283 g/mol. The molecule has 1 aliphatic carbocycles. The largest absolute Gasteiger partial charge is 0.374 e. The van der Waals surface area contributed by atoms with Gasteiger partial charge in [-0.3, -0.25) is 4.79 Å². The van der Waals surface area contributed by atoms with Gasteiger partial charge in [0.05, 0.1) is 0 Å². The van der Waals surface area contributed by atoms with E-state index in [9.17, 15) is 4.79 Å². The Labute approximate surface area is 104 Å². The predicted molar refractivity (Wildman–Crippen MR) is 68.4 cm³/mol. The molecule has 0 radical (unpaired) electrons. The molecule has 0 unspecified atom stereocenters. The second kappa shape index (κ2) is 4.87. The standard InChI is InChI=1S/C12H15BrN2O/c1-8(12(16)15-11-6-7-11)14-10-4-2-9(13)3-5-10/h2-5,8,11,14H,6-7H2,1H3,(H,15,16)/t8-/m0/s1. The van der Waals surface area contributed by atoms with Crippen molar-refractivity contribution in [1.82, 2.24) is 5.32 Å². The molecule has 1 amide bonds. The van der Waals surface area contributed by atoms with Crippen LogP contribution >= 0.6 is 15.9 Å². The van der Waals surface area contributed by atoms with Gasteiger partial charge < -0.3 is 10.6 Å². The number of nitrogens with one attached hydrogen (secondary N) is 2. The number of rotatable bonds is 4. The van der Waals surface area contributed by atoms with Gasteiger partial charge in [-0.15, -0.1) is 0 Å². The van der Waals surface area contributed by atoms with Gasteiger partial charge in [0.15, 0.2) is 0 Å². The van der Waals surface area contributed by atoms with Gasteiger partial charge in [0.25, 0.3) is 0 Å². The smallest absolute Gasteiger partial charge is 0.242 e. The van der Waals surface area contributed by atoms with Crippen LogP contribution in [0.4, 0.5) is 5.69 Å². The number of carbonyl (C=O) groups excluding carboxylic acids is 1. The minimum atomic E-state index is -0.193. The Morgan fingerprint density at radius 2 is 2.00 bits per heavy atom. The molecule has 0 bridgehead atoms. The Balaban J connectivity index is 1.87. The number of hydrogen-bond acceptors (Lipinski definition) is 2. The van der Waals surface area contributed by atoms with Crippen LogP contribution in [-0.4, -0.2) is 18.0 Å². The van der Waals surface area contributed by atoms with Gasteiger partial charge in [-0.1, -0.05) is 15.9 Å². The molecule has 1 atom stereocenters. The van der Waals surface area contributed by atoms with Crippen molar-refractivity contribution in [2.24, 2.45) is 0 Å². The molecular weight excluding hydrogens is 268 g/mol. The molecular formula is C12H15BrN2O. The van der Waals surface area contributed by atoms with Crippen LogP contribution in [0.1, 0.15) is 19.8 Å². The number of anilines is 1. The third-order valence-corrected chi connectivity index (χ3v) is 3.07. The Kier molecular flexibility index (Phi) is 3.49. The van der Waals surface area contributed by atoms with Gasteiger partial charge in [0, 0.05) is 16.2 Å². The van der Waals surface area contributed by atoms with Crippen LogP contribution in [0.5, 0.6) is 0 Å². The topological polar surface area (TPSA) is 41.1 Å². The molecule has 3 nitrogen and oxygen atoms in total. The van der Waals surface area contributed by atoms with Crippen molar-refractivity contribution >= 4 is 27.5 Å². The second-order valence-corrected chi connectivity index (χ2v) is 5.07. The lowest BCUT2D eigenvalue weighted by Crippen LogP contribution is -2.38. The van der Waals surface area contributed by atoms with E-state index in [0.29, 0.717) is 6.04 Å². The van der Waals surface area contributed by atoms with E-state index >= 15 is 0 Å². The van der Waals surface area contributed by atoms with Gasteiger partial charge in [0.2, 0.25) is 5.91 Å². The third kappa shape index (κ3) is 3.23. The molecule has 1 fully saturated rings. The maximum absolute atomic E-state index is 11.7. The fourth-order valence-corrected chi connectivity index (χ4v) is 1.68. The summed E-state index contributed by atoms with van der Waals surface area (Å²) in [6.45, 7) is 1.87. The van der Waals surface area contributed by atoms with Crippen LogP contribution < -0.4 is 10.6 Å². The van der Waals surface area contributed by atoms with Crippen LogP contribution in [-0.2, 0) is 4.79 Å². The summed E-state index contributed by atoms with van der Waals surface area (Å²) in [5.74, 6) is 0.0745. The molecule has 2 rings (SSSR count). The monoisotopic (exact) mass is 282 g/mol. The van der Waals surface area contributed by atoms with E-state index in [1.807, 2.05) is 31.2 Å². The first-order valence-corrected chi connectivity index (χ1v) is 6.27. The first-order chi connectivity index (χ1) is 7.65. The molecule has 0 aromatic heterocycles. The number of benzene rings is 1. The SMILES string of the molecule is C[C@H](Nc1ccc(Br)cc1)C(=O)NC1CC1. The summed E-state index contributed by atoms with van der Waals surface area (Å²) in [6, 6.07) is 8.03. The molecule has 0 heterocycles. The minimum absolute atomic E-state index is 0.0745. The van der Waals surface area contributed by atoms with Crippen molar-refractivity contribution in [2.45, 2.75) is 31.8 Å². The zero-order chi connectivity index (χ0) is 11.5. The van der Waals surface area contributed by atoms with Gasteiger partial charge in [-0.2, -0.15) is 0 Å². The summed E-state index contributed by atoms with van der Waals surface area (Å²) < 4.78 is 1.04. The van der Waals surface area contributed by atoms with E-state index in [1.165, 1.54) is 0 Å². The fourth-order valence-electron chi connectivity index (χ4n) is 1.42. The summed E-state index contributed by atoms with van der Waals surface area (Å²) in [5.41, 5.74) is 0.960. The summed E-state index contributed by atoms with van der Waals surface area (Å²) in [6.07, 6.45) is 2.24. The van der Waals surface area contributed by atoms with Crippen LogP contribution in [0.3, 0.4) is 0 Å². The Bertz CT molecular complexity index is 373. The number of amides is 1. The molecule has 16 heavy (non-hydrogen) atoms. The van der Waals surface area contributed by atoms with Crippen molar-refractivity contribution in [3.8, 4) is 0 Å². The summed E-state index contributed by atoms with van der Waals surface area (Å²) in [5, 5.41) is 6.14. The van der Waals surface area contributed by atoms with Crippen LogP contribution in [0.25, 0.3) is 0 Å². The quantitative estimate of drug-likeness (QED) is 0.891. The molecule has 1 aromatic rings. The van der Waals surface area contributed by atoms with Crippen molar-refractivity contribution in [1.29, 1.82) is 0 Å². The average Bonchev–Trinajstić information content (AvgIpc) is 3.05. The highest BCUT2D eigenvalue weighted by atomic mass is 79.9. The van der Waals surface area contributed by atoms with E-state index < -0.39 is 0 Å². The Morgan fingerprint density at radius 1 is 1.38 bits per heavy atom. The molecule has 0 aliphatic heterocycles. The van der Waals surface area contributed by atoms with E-state index in [1.54, 1.807) is 0 Å². The van der Waals surface area contributed by atoms with Crippen molar-refractivity contribution in [2.75, 3.05) is 5.32 Å². The highest BCUT2D eigenvalue weighted by molar-refractivity contribution is 9.10. The zero-order valence-corrected chi connectivity index (χ0v) is 10.8. The maximum atomic E-state index is 11.7. The van der Waals surface area contributed by atoms with Crippen molar-refractivity contribution in [3.05, 3.63) is 28.7 Å². The summed E-state index contributed by atoms with van der Waals surface area (Å²) in [4.78, 5) is 11.7. The first kappa shape index (κ1) is 11.5. The second-order valence-electron chi connectivity index (χ2n) is 4.16. The fraction of sp³-hybridized carbons (Fsp3) is 0.417. The van der Waals surface area contributed by atoms with Crippen molar-refractivity contribution < 1.29 is 4.79 Å². The molecule has 86 valence electrons. The highest BCUT2D eigenvalue weighted by Gasteiger charge is 2.25. The molecule has 0 saturated heterocycles. The van der Waals surface area contributed by atoms with Gasteiger partial charge in [-0.05, 0) is 44.0 Å². The van der Waals surface area contributed by atoms with Crippen molar-refractivity contribution in [3.63, 3.8) is 0 Å². The lowest BCUT2D eigenvalue weighted by Gasteiger charge is -2.14. The first-order valence-electron chi connectivity index (χ1n) is 5.47. The molecule has 0 spiro atoms. The molecule has 4 heteroatoms. The predicted octanol–water partition coefficient (Wildman–Crippen LogP) is 2.53. The summed E-state index contributed by atoms with van der Waals surface area (Å²) in [7, 11) is 0. The highest BCUT2D eigenvalue weighted by Crippen LogP contribution is 2.19. The number of hydrogen-bond donors (Lipinski definition) is 2. The Hall–Kier alpha value is -1.03. The third-order valence-electron chi connectivity index (χ3n) is 2.54. The summed E-state index contributed by atoms with van der Waals surface area (Å²) >= 11 is 3.37. The van der Waals surface area contributed by atoms with E-state index in [2.05, 4.69) is 26.6 Å².